The van der Waals surface area contributed by atoms with E-state index in [-0.39, 0.29) is 12.5 Å². The monoisotopic (exact) mass is 356 g/mol. The van der Waals surface area contributed by atoms with Gasteiger partial charge < -0.3 is 14.6 Å². The minimum absolute atomic E-state index is 0.267. The summed E-state index contributed by atoms with van der Waals surface area (Å²) in [5.41, 5.74) is 6.24. The van der Waals surface area contributed by atoms with Crippen LogP contribution in [-0.2, 0) is 6.42 Å². The van der Waals surface area contributed by atoms with E-state index in [0.29, 0.717) is 0 Å². The Kier molecular flexibility index (Phi) is 7.52. The van der Waals surface area contributed by atoms with Gasteiger partial charge in [-0.3, -0.25) is 0 Å². The number of rotatable bonds is 9. The molecule has 2 rings (SSSR count). The average molecular weight is 357 g/mol. The normalized spacial score (nSPS) is 12.1. The predicted octanol–water partition coefficient (Wildman–Crippen LogP) is 5.18. The quantitative estimate of drug-likeness (QED) is 0.629. The van der Waals surface area contributed by atoms with Crippen molar-refractivity contribution in [3.8, 4) is 11.5 Å². The van der Waals surface area contributed by atoms with Crippen LogP contribution in [0.5, 0.6) is 11.5 Å². The smallest absolute Gasteiger partial charge is 0.122 e. The van der Waals surface area contributed by atoms with E-state index in [1.807, 2.05) is 0 Å². The number of aliphatic hydroxyl groups excluding tert-OH is 1. The third-order valence-corrected chi connectivity index (χ3v) is 5.27. The molecule has 0 fully saturated rings. The third-order valence-electron chi connectivity index (χ3n) is 5.27. The first-order chi connectivity index (χ1) is 12.5. The number of hydrogen-bond donors (Lipinski definition) is 1. The standard InChI is InChI=1S/C23H32O3/c1-16-13-21(15-23(26-5)17(16)2)18(3)19-10-11-22(25-4)20(14-19)9-7-6-8-12-24/h10-11,13-15,18,24H,6-9,12H2,1-5H3. The van der Waals surface area contributed by atoms with Crippen LogP contribution in [-0.4, -0.2) is 25.9 Å². The molecule has 142 valence electrons. The highest BCUT2D eigenvalue weighted by Gasteiger charge is 2.14. The molecule has 0 aliphatic rings. The molecule has 2 aromatic carbocycles. The highest BCUT2D eigenvalue weighted by atomic mass is 16.5. The van der Waals surface area contributed by atoms with E-state index in [1.54, 1.807) is 14.2 Å². The van der Waals surface area contributed by atoms with Crippen LogP contribution in [0.15, 0.2) is 30.3 Å². The van der Waals surface area contributed by atoms with Crippen LogP contribution in [0.1, 0.15) is 59.9 Å². The summed E-state index contributed by atoms with van der Waals surface area (Å²) in [6.45, 7) is 6.73. The number of aliphatic hydroxyl groups is 1. The SMILES string of the molecule is COc1ccc(C(C)c2cc(C)c(C)c(OC)c2)cc1CCCCCO. The number of aryl methyl sites for hydroxylation is 2. The Balaban J connectivity index is 2.28. The molecule has 3 heteroatoms. The molecule has 0 amide bonds. The van der Waals surface area contributed by atoms with Crippen molar-refractivity contribution in [3.05, 3.63) is 58.1 Å². The van der Waals surface area contributed by atoms with Crippen molar-refractivity contribution >= 4 is 0 Å². The molecule has 0 spiro atoms. The lowest BCUT2D eigenvalue weighted by Crippen LogP contribution is -2.02. The largest absolute Gasteiger partial charge is 0.496 e. The summed E-state index contributed by atoms with van der Waals surface area (Å²) in [6.07, 6.45) is 3.93. The van der Waals surface area contributed by atoms with Crippen molar-refractivity contribution < 1.29 is 14.6 Å². The number of unbranched alkanes of at least 4 members (excludes halogenated alkanes) is 2. The summed E-state index contributed by atoms with van der Waals surface area (Å²) in [5.74, 6) is 2.18. The second-order valence-corrected chi connectivity index (χ2v) is 6.99. The Morgan fingerprint density at radius 1 is 0.885 bits per heavy atom. The molecule has 0 radical (unpaired) electrons. The molecule has 1 unspecified atom stereocenters. The van der Waals surface area contributed by atoms with Crippen LogP contribution in [0.2, 0.25) is 0 Å². The molecule has 1 atom stereocenters. The molecule has 1 N–H and O–H groups in total. The first-order valence-electron chi connectivity index (χ1n) is 9.44. The van der Waals surface area contributed by atoms with Gasteiger partial charge in [-0.25, -0.2) is 0 Å². The van der Waals surface area contributed by atoms with E-state index < -0.39 is 0 Å². The van der Waals surface area contributed by atoms with Gasteiger partial charge in [-0.2, -0.15) is 0 Å². The maximum atomic E-state index is 8.96. The Morgan fingerprint density at radius 3 is 2.27 bits per heavy atom. The van der Waals surface area contributed by atoms with Crippen LogP contribution in [0, 0.1) is 13.8 Å². The summed E-state index contributed by atoms with van der Waals surface area (Å²) in [5, 5.41) is 8.96. The molecule has 2 aromatic rings. The first-order valence-corrected chi connectivity index (χ1v) is 9.44. The van der Waals surface area contributed by atoms with Gasteiger partial charge >= 0.3 is 0 Å². The van der Waals surface area contributed by atoms with Crippen LogP contribution in [0.25, 0.3) is 0 Å². The second kappa shape index (κ2) is 9.63. The molecule has 0 heterocycles. The Labute approximate surface area is 158 Å². The van der Waals surface area contributed by atoms with Gasteiger partial charge in [0.2, 0.25) is 0 Å². The van der Waals surface area contributed by atoms with Crippen LogP contribution >= 0.6 is 0 Å². The van der Waals surface area contributed by atoms with Gasteiger partial charge in [0.15, 0.2) is 0 Å². The van der Waals surface area contributed by atoms with Gasteiger partial charge in [-0.05, 0) is 73.1 Å². The van der Waals surface area contributed by atoms with Gasteiger partial charge in [0, 0.05) is 12.5 Å². The molecular formula is C23H32O3. The minimum atomic E-state index is 0.267. The van der Waals surface area contributed by atoms with E-state index in [2.05, 4.69) is 51.1 Å². The van der Waals surface area contributed by atoms with E-state index in [1.165, 1.54) is 27.8 Å². The van der Waals surface area contributed by atoms with Crippen LogP contribution in [0.3, 0.4) is 0 Å². The maximum absolute atomic E-state index is 8.96. The number of ether oxygens (including phenoxy) is 2. The Bertz CT molecular complexity index is 722. The van der Waals surface area contributed by atoms with Crippen LogP contribution < -0.4 is 9.47 Å². The number of benzene rings is 2. The molecule has 0 saturated heterocycles. The highest BCUT2D eigenvalue weighted by molar-refractivity contribution is 5.47. The Morgan fingerprint density at radius 2 is 1.62 bits per heavy atom. The zero-order chi connectivity index (χ0) is 19.1. The summed E-state index contributed by atoms with van der Waals surface area (Å²) >= 11 is 0. The molecule has 26 heavy (non-hydrogen) atoms. The number of methoxy groups -OCH3 is 2. The fraction of sp³-hybridized carbons (Fsp3) is 0.478. The minimum Gasteiger partial charge on any atom is -0.496 e. The zero-order valence-corrected chi connectivity index (χ0v) is 16.8. The fourth-order valence-corrected chi connectivity index (χ4v) is 3.38. The lowest BCUT2D eigenvalue weighted by Gasteiger charge is -2.18. The molecule has 0 bridgehead atoms. The molecule has 3 nitrogen and oxygen atoms in total. The van der Waals surface area contributed by atoms with Crippen molar-refractivity contribution in [2.75, 3.05) is 20.8 Å². The third kappa shape index (κ3) is 4.79. The second-order valence-electron chi connectivity index (χ2n) is 6.99. The fourth-order valence-electron chi connectivity index (χ4n) is 3.38. The molecule has 0 aliphatic carbocycles. The van der Waals surface area contributed by atoms with E-state index in [0.717, 1.165) is 37.2 Å². The Hall–Kier alpha value is -2.00. The van der Waals surface area contributed by atoms with Crippen molar-refractivity contribution in [2.45, 2.75) is 52.4 Å². The lowest BCUT2D eigenvalue weighted by atomic mass is 9.89. The maximum Gasteiger partial charge on any atom is 0.122 e. The topological polar surface area (TPSA) is 38.7 Å². The molecular weight excluding hydrogens is 324 g/mol. The first kappa shape index (κ1) is 20.3. The van der Waals surface area contributed by atoms with Crippen LogP contribution in [0.4, 0.5) is 0 Å². The van der Waals surface area contributed by atoms with Crippen molar-refractivity contribution in [2.24, 2.45) is 0 Å². The van der Waals surface area contributed by atoms with Crippen molar-refractivity contribution in [1.82, 2.24) is 0 Å². The molecule has 0 saturated carbocycles. The van der Waals surface area contributed by atoms with Crippen molar-refractivity contribution in [1.29, 1.82) is 0 Å². The summed E-state index contributed by atoms with van der Waals surface area (Å²) in [7, 11) is 3.46. The van der Waals surface area contributed by atoms with E-state index in [9.17, 15) is 0 Å². The van der Waals surface area contributed by atoms with Gasteiger partial charge in [-0.1, -0.05) is 31.5 Å². The average Bonchev–Trinajstić information content (AvgIpc) is 2.66. The predicted molar refractivity (Wildman–Crippen MR) is 108 cm³/mol. The summed E-state index contributed by atoms with van der Waals surface area (Å²) in [6, 6.07) is 10.9. The molecule has 0 aliphatic heterocycles. The van der Waals surface area contributed by atoms with Gasteiger partial charge in [0.1, 0.15) is 11.5 Å². The van der Waals surface area contributed by atoms with Crippen molar-refractivity contribution in [3.63, 3.8) is 0 Å². The van der Waals surface area contributed by atoms with E-state index >= 15 is 0 Å². The summed E-state index contributed by atoms with van der Waals surface area (Å²) < 4.78 is 11.1. The number of hydrogen-bond acceptors (Lipinski definition) is 3. The lowest BCUT2D eigenvalue weighted by molar-refractivity contribution is 0.283. The summed E-state index contributed by atoms with van der Waals surface area (Å²) in [4.78, 5) is 0. The van der Waals surface area contributed by atoms with Gasteiger partial charge in [0.25, 0.3) is 0 Å². The molecule has 0 aromatic heterocycles. The van der Waals surface area contributed by atoms with Gasteiger partial charge in [0.05, 0.1) is 14.2 Å². The van der Waals surface area contributed by atoms with Gasteiger partial charge in [-0.15, -0.1) is 0 Å². The zero-order valence-electron chi connectivity index (χ0n) is 16.8. The highest BCUT2D eigenvalue weighted by Crippen LogP contribution is 2.33. The van der Waals surface area contributed by atoms with E-state index in [4.69, 9.17) is 14.6 Å².